The molecule has 0 saturated heterocycles. The molecular weight excluding hydrogens is 414 g/mol. The number of benzene rings is 1. The van der Waals surface area contributed by atoms with Gasteiger partial charge in [-0.25, -0.2) is 4.98 Å². The van der Waals surface area contributed by atoms with E-state index >= 15 is 0 Å². The van der Waals surface area contributed by atoms with Gasteiger partial charge in [0.2, 0.25) is 0 Å². The number of allylic oxidation sites excluding steroid dienone is 1. The molecule has 0 radical (unpaired) electrons. The molecule has 1 aromatic carbocycles. The summed E-state index contributed by atoms with van der Waals surface area (Å²) in [5.41, 5.74) is 12.2. The Kier molecular flexibility index (Phi) is 6.70. The molecule has 172 valence electrons. The molecule has 2 heterocycles. The number of aliphatic hydroxyl groups is 1. The fourth-order valence-corrected chi connectivity index (χ4v) is 4.61. The molecule has 0 amide bonds. The summed E-state index contributed by atoms with van der Waals surface area (Å²) in [6.07, 6.45) is 10.5. The van der Waals surface area contributed by atoms with E-state index in [9.17, 15) is 9.90 Å². The van der Waals surface area contributed by atoms with E-state index in [4.69, 9.17) is 5.73 Å². The van der Waals surface area contributed by atoms with Crippen molar-refractivity contribution in [2.75, 3.05) is 7.05 Å². The van der Waals surface area contributed by atoms with Gasteiger partial charge in [0.1, 0.15) is 0 Å². The van der Waals surface area contributed by atoms with E-state index in [0.29, 0.717) is 23.2 Å². The minimum absolute atomic E-state index is 0.0840. The molecule has 0 aliphatic heterocycles. The second-order valence-electron chi connectivity index (χ2n) is 8.82. The van der Waals surface area contributed by atoms with Crippen molar-refractivity contribution in [3.63, 3.8) is 0 Å². The second-order valence-corrected chi connectivity index (χ2v) is 8.82. The quantitative estimate of drug-likeness (QED) is 0.585. The number of nitrogens with zero attached hydrogens (tertiary/aromatic N) is 4. The predicted octanol–water partition coefficient (Wildman–Crippen LogP) is 3.48. The van der Waals surface area contributed by atoms with Gasteiger partial charge in [0.05, 0.1) is 40.8 Å². The fraction of sp³-hybridized carbons (Fsp3) is 0.385. The van der Waals surface area contributed by atoms with Crippen LogP contribution in [0.1, 0.15) is 59.7 Å². The van der Waals surface area contributed by atoms with Gasteiger partial charge >= 0.3 is 0 Å². The van der Waals surface area contributed by atoms with Crippen molar-refractivity contribution in [1.29, 1.82) is 0 Å². The molecule has 3 N–H and O–H groups in total. The number of pyridine rings is 1. The summed E-state index contributed by atoms with van der Waals surface area (Å²) < 4.78 is 1.63. The van der Waals surface area contributed by atoms with Crippen LogP contribution in [0.3, 0.4) is 0 Å². The van der Waals surface area contributed by atoms with Crippen molar-refractivity contribution in [3.8, 4) is 0 Å². The first-order valence-electron chi connectivity index (χ1n) is 11.4. The molecule has 7 heteroatoms. The van der Waals surface area contributed by atoms with Gasteiger partial charge < -0.3 is 10.8 Å². The summed E-state index contributed by atoms with van der Waals surface area (Å²) in [5.74, 6) is 0. The highest BCUT2D eigenvalue weighted by Gasteiger charge is 2.26. The molecule has 0 spiro atoms. The van der Waals surface area contributed by atoms with E-state index in [1.165, 1.54) is 0 Å². The first-order valence-corrected chi connectivity index (χ1v) is 11.4. The number of hydrogen-bond donors (Lipinski definition) is 2. The molecule has 4 rings (SSSR count). The zero-order chi connectivity index (χ0) is 23.5. The number of aromatic nitrogens is 3. The molecule has 0 bridgehead atoms. The standard InChI is InChI=1S/C26H31N5O2/c1-16-17(2)25-20(26(33)31(15-30-25)23-6-4-5-7-24(23)32)13-19(16)12-18-8-9-22(29-14-18)21(27)10-11-28-3/h8-11,13-15,23-24,32H,4-7,12,27H2,1-3H3/t23-,24-/m0/s1. The molecule has 2 atom stereocenters. The smallest absolute Gasteiger partial charge is 0.261 e. The second kappa shape index (κ2) is 9.67. The summed E-state index contributed by atoms with van der Waals surface area (Å²) in [6.45, 7) is 4.07. The van der Waals surface area contributed by atoms with Crippen molar-refractivity contribution in [2.24, 2.45) is 10.7 Å². The SMILES string of the molecule is CN=CC=C(N)c1ccc(Cc2cc3c(=O)n([C@H]4CCCC[C@@H]4O)cnc3c(C)c2C)cn1. The zero-order valence-corrected chi connectivity index (χ0v) is 19.5. The van der Waals surface area contributed by atoms with E-state index < -0.39 is 6.10 Å². The minimum atomic E-state index is -0.503. The van der Waals surface area contributed by atoms with Gasteiger partial charge in [-0.3, -0.25) is 19.3 Å². The van der Waals surface area contributed by atoms with Crippen molar-refractivity contribution in [1.82, 2.24) is 14.5 Å². The van der Waals surface area contributed by atoms with E-state index in [-0.39, 0.29) is 11.6 Å². The summed E-state index contributed by atoms with van der Waals surface area (Å²) in [7, 11) is 1.69. The van der Waals surface area contributed by atoms with E-state index in [2.05, 4.69) is 21.9 Å². The molecule has 7 nitrogen and oxygen atoms in total. The third-order valence-corrected chi connectivity index (χ3v) is 6.72. The van der Waals surface area contributed by atoms with Crippen LogP contribution in [0.5, 0.6) is 0 Å². The average molecular weight is 446 g/mol. The number of aryl methyl sites for hydroxylation is 1. The van der Waals surface area contributed by atoms with E-state index in [0.717, 1.165) is 53.5 Å². The normalized spacial score (nSPS) is 19.5. The van der Waals surface area contributed by atoms with Gasteiger partial charge in [0, 0.05) is 19.5 Å². The highest BCUT2D eigenvalue weighted by atomic mass is 16.3. The molecule has 1 aliphatic rings. The van der Waals surface area contributed by atoms with Crippen LogP contribution in [0.4, 0.5) is 0 Å². The maximum atomic E-state index is 13.4. The maximum Gasteiger partial charge on any atom is 0.261 e. The first-order chi connectivity index (χ1) is 15.9. The Bertz CT molecular complexity index is 1270. The highest BCUT2D eigenvalue weighted by Crippen LogP contribution is 2.29. The first kappa shape index (κ1) is 22.9. The van der Waals surface area contributed by atoms with Crippen molar-refractivity contribution in [2.45, 2.75) is 58.1 Å². The number of rotatable bonds is 5. The van der Waals surface area contributed by atoms with E-state index in [1.54, 1.807) is 30.2 Å². The summed E-state index contributed by atoms with van der Waals surface area (Å²) >= 11 is 0. The van der Waals surface area contributed by atoms with Crippen molar-refractivity contribution in [3.05, 3.63) is 75.1 Å². The van der Waals surface area contributed by atoms with Crippen LogP contribution in [-0.2, 0) is 6.42 Å². The van der Waals surface area contributed by atoms with Crippen LogP contribution in [0.15, 0.2) is 46.6 Å². The summed E-state index contributed by atoms with van der Waals surface area (Å²) in [4.78, 5) is 26.4. The maximum absolute atomic E-state index is 13.4. The third kappa shape index (κ3) is 4.59. The van der Waals surface area contributed by atoms with Crippen LogP contribution in [0.25, 0.3) is 16.6 Å². The molecule has 0 unspecified atom stereocenters. The van der Waals surface area contributed by atoms with Crippen molar-refractivity contribution >= 4 is 22.8 Å². The molecule has 1 fully saturated rings. The summed E-state index contributed by atoms with van der Waals surface area (Å²) in [6, 6.07) is 5.65. The molecule has 1 saturated carbocycles. The van der Waals surface area contributed by atoms with Gasteiger partial charge in [-0.05, 0) is 73.6 Å². The van der Waals surface area contributed by atoms with Gasteiger partial charge in [0.15, 0.2) is 0 Å². The Hall–Kier alpha value is -3.32. The fourth-order valence-electron chi connectivity index (χ4n) is 4.61. The van der Waals surface area contributed by atoms with Gasteiger partial charge in [-0.2, -0.15) is 0 Å². The topological polar surface area (TPSA) is 106 Å². The lowest BCUT2D eigenvalue weighted by molar-refractivity contribution is 0.0735. The molecule has 2 aromatic heterocycles. The lowest BCUT2D eigenvalue weighted by atomic mass is 9.92. The lowest BCUT2D eigenvalue weighted by Crippen LogP contribution is -2.34. The Morgan fingerprint density at radius 3 is 2.73 bits per heavy atom. The Morgan fingerprint density at radius 1 is 1.24 bits per heavy atom. The van der Waals surface area contributed by atoms with Gasteiger partial charge in [0.25, 0.3) is 5.56 Å². The molecule has 3 aromatic rings. The summed E-state index contributed by atoms with van der Waals surface area (Å²) in [5, 5.41) is 11.1. The van der Waals surface area contributed by atoms with Crippen molar-refractivity contribution < 1.29 is 5.11 Å². The number of fused-ring (bicyclic) bond motifs is 1. The number of hydrogen-bond acceptors (Lipinski definition) is 6. The highest BCUT2D eigenvalue weighted by molar-refractivity contribution is 5.83. The van der Waals surface area contributed by atoms with E-state index in [1.807, 2.05) is 31.3 Å². The van der Waals surface area contributed by atoms with Crippen LogP contribution in [0, 0.1) is 13.8 Å². The number of aliphatic imine (C=N–C) groups is 1. The van der Waals surface area contributed by atoms with Gasteiger partial charge in [-0.15, -0.1) is 0 Å². The predicted molar refractivity (Wildman–Crippen MR) is 133 cm³/mol. The average Bonchev–Trinajstić information content (AvgIpc) is 2.82. The minimum Gasteiger partial charge on any atom is -0.397 e. The monoisotopic (exact) mass is 445 g/mol. The Labute approximate surface area is 193 Å². The number of aliphatic hydroxyl groups excluding tert-OH is 1. The number of nitrogens with two attached hydrogens (primary N) is 1. The zero-order valence-electron chi connectivity index (χ0n) is 19.5. The largest absolute Gasteiger partial charge is 0.397 e. The lowest BCUT2D eigenvalue weighted by Gasteiger charge is -2.29. The van der Waals surface area contributed by atoms with Crippen LogP contribution >= 0.6 is 0 Å². The third-order valence-electron chi connectivity index (χ3n) is 6.72. The Balaban J connectivity index is 1.70. The van der Waals surface area contributed by atoms with Crippen LogP contribution in [-0.4, -0.2) is 39.0 Å². The Morgan fingerprint density at radius 2 is 2.03 bits per heavy atom. The molecular formula is C26H31N5O2. The molecule has 1 aliphatic carbocycles. The molecule has 33 heavy (non-hydrogen) atoms. The van der Waals surface area contributed by atoms with Crippen LogP contribution in [0.2, 0.25) is 0 Å². The van der Waals surface area contributed by atoms with Crippen LogP contribution < -0.4 is 11.3 Å². The van der Waals surface area contributed by atoms with Gasteiger partial charge in [-0.1, -0.05) is 18.9 Å².